The first-order valence-corrected chi connectivity index (χ1v) is 5.45. The maximum Gasteiger partial charge on any atom is 2.00 e. The molecule has 0 aliphatic heterocycles. The molecule has 0 saturated heterocycles. The van der Waals surface area contributed by atoms with Crippen molar-refractivity contribution in [3.05, 3.63) is 0 Å². The Hall–Kier alpha value is -2.68. The molecule has 0 radical (unpaired) electrons. The van der Waals surface area contributed by atoms with Crippen molar-refractivity contribution < 1.29 is 79.8 Å². The van der Waals surface area contributed by atoms with Crippen LogP contribution in [0.3, 0.4) is 0 Å². The van der Waals surface area contributed by atoms with Gasteiger partial charge in [-0.15, -0.1) is 0 Å². The minimum atomic E-state index is -1.08. The van der Waals surface area contributed by atoms with Crippen molar-refractivity contribution in [1.82, 2.24) is 24.6 Å². The zero-order valence-corrected chi connectivity index (χ0v) is 19.8. The Morgan fingerprint density at radius 2 is 0.345 bits per heavy atom. The number of hydrogen-bond donors (Lipinski definition) is 4. The number of quaternary nitrogens is 4. The van der Waals surface area contributed by atoms with Crippen LogP contribution >= 0.6 is 0 Å². The fraction of sp³-hybridized carbons (Fsp3) is 0.500. The summed E-state index contributed by atoms with van der Waals surface area (Å²) in [6.07, 6.45) is 0. The molecule has 0 bridgehead atoms. The quantitative estimate of drug-likeness (QED) is 0.212. The molecule has 0 atom stereocenters. The van der Waals surface area contributed by atoms with Crippen LogP contribution in [0.25, 0.3) is 0 Å². The number of carbonyl (C=O) groups is 6. The van der Waals surface area contributed by atoms with E-state index in [9.17, 15) is 0 Å². The van der Waals surface area contributed by atoms with E-state index in [1.807, 2.05) is 0 Å². The minimum Gasteiger partial charge on any atom is -0.550 e. The first-order valence-electron chi connectivity index (χ1n) is 5.45. The summed E-state index contributed by atoms with van der Waals surface area (Å²) in [5, 5.41) is 53.3. The van der Waals surface area contributed by atoms with Gasteiger partial charge in [0.05, 0.1) is 0 Å². The van der Waals surface area contributed by atoms with Crippen molar-refractivity contribution in [3.63, 3.8) is 0 Å². The molecule has 0 unspecified atom stereocenters. The number of aliphatic carboxylic acids is 6. The number of hydrogen-bond acceptors (Lipinski definition) is 12. The molecular weight excluding hydrogens is 499 g/mol. The number of carboxylic acids is 6. The third-order valence-corrected chi connectivity index (χ3v) is 0. The van der Waals surface area contributed by atoms with Crippen molar-refractivity contribution in [2.45, 2.75) is 41.5 Å². The molecule has 17 heteroatoms. The second-order valence-corrected chi connectivity index (χ2v) is 2.95. The van der Waals surface area contributed by atoms with Crippen LogP contribution in [0.2, 0.25) is 0 Å². The normalized spacial score (nSPS) is 5.17. The SMILES string of the molecule is CC(=O)[O-].CC(=O)[O-].CC(=O)[O-].CC(=O)[O-].CC(=O)[O-].CC(=O)[O-].[NH4+].[NH4+].[NH4+].[NH4+].[Pd+2]. The van der Waals surface area contributed by atoms with Gasteiger partial charge in [0.2, 0.25) is 0 Å². The smallest absolute Gasteiger partial charge is 0.550 e. The molecule has 16 nitrogen and oxygen atoms in total. The number of carbonyl (C=O) groups excluding carboxylic acids is 6. The molecule has 184 valence electrons. The maximum atomic E-state index is 8.89. The molecule has 0 aromatic heterocycles. The third-order valence-electron chi connectivity index (χ3n) is 0. The van der Waals surface area contributed by atoms with E-state index in [-0.39, 0.29) is 45.0 Å². The average molecular weight is 533 g/mol. The van der Waals surface area contributed by atoms with Crippen LogP contribution in [-0.2, 0) is 49.2 Å². The molecule has 0 spiro atoms. The molecule has 0 aliphatic carbocycles. The summed E-state index contributed by atoms with van der Waals surface area (Å²) in [5.41, 5.74) is 0. The van der Waals surface area contributed by atoms with Crippen LogP contribution < -0.4 is 55.2 Å². The van der Waals surface area contributed by atoms with E-state index in [1.165, 1.54) is 0 Å². The third kappa shape index (κ3) is 1920. The zero-order valence-electron chi connectivity index (χ0n) is 18.2. The summed E-state index contributed by atoms with van der Waals surface area (Å²) in [7, 11) is 0. The zero-order chi connectivity index (χ0) is 21.5. The molecule has 16 N–H and O–H groups in total. The Morgan fingerprint density at radius 1 is 0.345 bits per heavy atom. The van der Waals surface area contributed by atoms with Gasteiger partial charge in [-0.1, -0.05) is 0 Å². The van der Waals surface area contributed by atoms with Gasteiger partial charge in [0.15, 0.2) is 0 Å². The van der Waals surface area contributed by atoms with E-state index < -0.39 is 35.8 Å². The Bertz CT molecular complexity index is 278. The van der Waals surface area contributed by atoms with Crippen LogP contribution in [0, 0.1) is 0 Å². The van der Waals surface area contributed by atoms with Crippen molar-refractivity contribution in [2.24, 2.45) is 0 Å². The van der Waals surface area contributed by atoms with Gasteiger partial charge in [-0.05, 0) is 41.5 Å². The van der Waals surface area contributed by atoms with Gasteiger partial charge in [-0.2, -0.15) is 0 Å². The predicted octanol–water partition coefficient (Wildman–Crippen LogP) is -5.96. The Labute approximate surface area is 182 Å². The molecule has 0 heterocycles. The van der Waals surface area contributed by atoms with Gasteiger partial charge in [0.25, 0.3) is 0 Å². The van der Waals surface area contributed by atoms with Gasteiger partial charge < -0.3 is 84.0 Å². The fourth-order valence-electron chi connectivity index (χ4n) is 0. The second-order valence-electron chi connectivity index (χ2n) is 2.95. The molecule has 0 aromatic rings. The van der Waals surface area contributed by atoms with Gasteiger partial charge in [-0.25, -0.2) is 0 Å². The number of carboxylic acid groups (broad SMARTS) is 6. The monoisotopic (exact) mass is 532 g/mol. The first-order chi connectivity index (χ1) is 10.4. The largest absolute Gasteiger partial charge is 2.00 e. The van der Waals surface area contributed by atoms with Gasteiger partial charge in [0, 0.05) is 35.8 Å². The van der Waals surface area contributed by atoms with E-state index in [0.29, 0.717) is 0 Å². The number of rotatable bonds is 0. The molecule has 0 aliphatic rings. The van der Waals surface area contributed by atoms with Gasteiger partial charge >= 0.3 is 20.4 Å². The van der Waals surface area contributed by atoms with Crippen LogP contribution in [0.5, 0.6) is 0 Å². The molecule has 0 aromatic carbocycles. The summed E-state index contributed by atoms with van der Waals surface area (Å²) >= 11 is 0. The first kappa shape index (κ1) is 71.9. The maximum absolute atomic E-state index is 8.89. The standard InChI is InChI=1S/6C2H4O2.4H3N.Pd/c6*1-2(3)4;;;;;/h6*1H3,(H,3,4);4*1H3;/q;;;;;;;;;;+2/p-2. The van der Waals surface area contributed by atoms with Crippen molar-refractivity contribution in [2.75, 3.05) is 0 Å². The van der Waals surface area contributed by atoms with E-state index in [4.69, 9.17) is 59.4 Å². The molecular formula is C12H34N4O12Pd. The van der Waals surface area contributed by atoms with Crippen LogP contribution in [0.1, 0.15) is 41.5 Å². The van der Waals surface area contributed by atoms with Gasteiger partial charge in [-0.3, -0.25) is 0 Å². The molecule has 0 fully saturated rings. The second kappa shape index (κ2) is 63.8. The van der Waals surface area contributed by atoms with E-state index >= 15 is 0 Å². The van der Waals surface area contributed by atoms with Crippen molar-refractivity contribution >= 4 is 35.8 Å². The molecule has 29 heavy (non-hydrogen) atoms. The van der Waals surface area contributed by atoms with Crippen LogP contribution in [0.15, 0.2) is 0 Å². The summed E-state index contributed by atoms with van der Waals surface area (Å²) in [6.45, 7) is 5.83. The topological polar surface area (TPSA) is 387 Å². The Kier molecular flexibility index (Phi) is 158. The van der Waals surface area contributed by atoms with Crippen molar-refractivity contribution in [1.29, 1.82) is 0 Å². The summed E-state index contributed by atoms with van der Waals surface area (Å²) in [6, 6.07) is 0. The molecule has 0 amide bonds. The Morgan fingerprint density at radius 3 is 0.345 bits per heavy atom. The predicted molar refractivity (Wildman–Crippen MR) is 88.0 cm³/mol. The molecule has 0 rings (SSSR count). The van der Waals surface area contributed by atoms with E-state index in [2.05, 4.69) is 0 Å². The summed E-state index contributed by atoms with van der Waals surface area (Å²) in [4.78, 5) is 53.3. The van der Waals surface area contributed by atoms with Crippen LogP contribution in [0.4, 0.5) is 0 Å². The van der Waals surface area contributed by atoms with E-state index in [0.717, 1.165) is 41.5 Å². The summed E-state index contributed by atoms with van der Waals surface area (Å²) in [5.74, 6) is -6.50. The average Bonchev–Trinajstić information content (AvgIpc) is 2.08. The van der Waals surface area contributed by atoms with E-state index in [1.54, 1.807) is 0 Å². The fourth-order valence-corrected chi connectivity index (χ4v) is 0. The Balaban J connectivity index is -0.0000000144. The minimum absolute atomic E-state index is 0. The molecule has 0 saturated carbocycles. The van der Waals surface area contributed by atoms with Crippen molar-refractivity contribution in [3.8, 4) is 0 Å². The summed E-state index contributed by atoms with van der Waals surface area (Å²) < 4.78 is 0. The van der Waals surface area contributed by atoms with Gasteiger partial charge in [0.1, 0.15) is 0 Å². The van der Waals surface area contributed by atoms with Crippen LogP contribution in [-0.4, -0.2) is 35.8 Å².